The minimum absolute atomic E-state index is 0.0437. The fourth-order valence-electron chi connectivity index (χ4n) is 3.19. The quantitative estimate of drug-likeness (QED) is 0.193. The molecule has 0 saturated carbocycles. The Bertz CT molecular complexity index is 1040. The molecule has 2 heterocycles. The molecule has 0 spiro atoms. The van der Waals surface area contributed by atoms with Crippen molar-refractivity contribution in [1.82, 2.24) is 15.4 Å². The van der Waals surface area contributed by atoms with Crippen LogP contribution in [0, 0.1) is 0 Å². The summed E-state index contributed by atoms with van der Waals surface area (Å²) in [6, 6.07) is 10.1. The third kappa shape index (κ3) is 6.73. The molecule has 0 fully saturated rings. The highest BCUT2D eigenvalue weighted by atomic mass is 32.1. The van der Waals surface area contributed by atoms with Crippen LogP contribution < -0.4 is 16.1 Å². The smallest absolute Gasteiger partial charge is 0.243 e. The number of unbranched alkanes of at least 4 members (excludes halogenated alkanes) is 3. The molecule has 1 aromatic carbocycles. The van der Waals surface area contributed by atoms with Crippen molar-refractivity contribution >= 4 is 49.9 Å². The number of aromatic nitrogens is 2. The zero-order chi connectivity index (χ0) is 22.1. The molecule has 0 radical (unpaired) electrons. The van der Waals surface area contributed by atoms with Gasteiger partial charge in [0, 0.05) is 18.5 Å². The molecule has 164 valence electrons. The van der Waals surface area contributed by atoms with Crippen molar-refractivity contribution in [3.05, 3.63) is 42.2 Å². The van der Waals surface area contributed by atoms with Gasteiger partial charge in [-0.25, -0.2) is 15.4 Å². The van der Waals surface area contributed by atoms with E-state index in [0.717, 1.165) is 52.4 Å². The number of amides is 2. The van der Waals surface area contributed by atoms with Crippen molar-refractivity contribution in [1.29, 1.82) is 0 Å². The van der Waals surface area contributed by atoms with Gasteiger partial charge in [0.2, 0.25) is 11.8 Å². The molecule has 2 aromatic heterocycles. The maximum absolute atomic E-state index is 12.3. The molecule has 8 nitrogen and oxygen atoms in total. The monoisotopic (exact) mass is 441 g/mol. The highest BCUT2D eigenvalue weighted by molar-refractivity contribution is 7.23. The molecule has 0 saturated heterocycles. The maximum atomic E-state index is 12.3. The number of carbonyl (C=O) groups excluding carboxylic acids is 2. The molecule has 9 heteroatoms. The molecule has 4 N–H and O–H groups in total. The highest BCUT2D eigenvalue weighted by Gasteiger charge is 2.11. The lowest BCUT2D eigenvalue weighted by Gasteiger charge is -2.07. The first-order valence-electron chi connectivity index (χ1n) is 10.4. The van der Waals surface area contributed by atoms with Gasteiger partial charge in [-0.05, 0) is 43.0 Å². The number of hydroxylamine groups is 1. The fourth-order valence-corrected chi connectivity index (χ4v) is 4.16. The lowest BCUT2D eigenvalue weighted by Crippen LogP contribution is -2.17. The zero-order valence-corrected chi connectivity index (χ0v) is 18.3. The molecular formula is C22H27N5O3S. The predicted molar refractivity (Wildman–Crippen MR) is 123 cm³/mol. The Hall–Kier alpha value is -3.04. The van der Waals surface area contributed by atoms with E-state index in [0.29, 0.717) is 19.3 Å². The molecule has 0 aliphatic heterocycles. The van der Waals surface area contributed by atoms with E-state index in [-0.39, 0.29) is 11.8 Å². The van der Waals surface area contributed by atoms with E-state index in [1.165, 1.54) is 23.2 Å². The van der Waals surface area contributed by atoms with Crippen LogP contribution in [0.3, 0.4) is 0 Å². The minimum Gasteiger partial charge on any atom is -0.339 e. The van der Waals surface area contributed by atoms with Crippen LogP contribution in [0.15, 0.2) is 36.7 Å². The Balaban J connectivity index is 1.54. The second kappa shape index (κ2) is 11.4. The van der Waals surface area contributed by atoms with Gasteiger partial charge in [-0.3, -0.25) is 14.8 Å². The second-order valence-electron chi connectivity index (χ2n) is 7.22. The topological polar surface area (TPSA) is 116 Å². The van der Waals surface area contributed by atoms with Crippen LogP contribution in [0.5, 0.6) is 0 Å². The number of carbonyl (C=O) groups is 2. The second-order valence-corrected chi connectivity index (χ2v) is 8.28. The van der Waals surface area contributed by atoms with Gasteiger partial charge < -0.3 is 10.6 Å². The van der Waals surface area contributed by atoms with Gasteiger partial charge in [0.15, 0.2) is 5.82 Å². The molecule has 0 unspecified atom stereocenters. The predicted octanol–water partition coefficient (Wildman–Crippen LogP) is 4.78. The summed E-state index contributed by atoms with van der Waals surface area (Å²) >= 11 is 1.45. The number of fused-ring (bicyclic) bond motifs is 1. The van der Waals surface area contributed by atoms with Gasteiger partial charge >= 0.3 is 0 Å². The summed E-state index contributed by atoms with van der Waals surface area (Å²) in [4.78, 5) is 31.9. The van der Waals surface area contributed by atoms with E-state index < -0.39 is 0 Å². The largest absolute Gasteiger partial charge is 0.339 e. The van der Waals surface area contributed by atoms with E-state index >= 15 is 0 Å². The van der Waals surface area contributed by atoms with Crippen molar-refractivity contribution in [2.75, 3.05) is 10.6 Å². The van der Waals surface area contributed by atoms with Gasteiger partial charge in [0.1, 0.15) is 6.33 Å². The number of hydrogen-bond donors (Lipinski definition) is 4. The molecule has 31 heavy (non-hydrogen) atoms. The SMILES string of the molecule is CCc1cccc(Nc2ncnc3cc(NC(=O)CCCCCCC(=O)NO)sc23)c1. The number of nitrogens with zero attached hydrogens (tertiary/aromatic N) is 2. The van der Waals surface area contributed by atoms with Crippen molar-refractivity contribution < 1.29 is 14.8 Å². The van der Waals surface area contributed by atoms with Crippen LogP contribution in [0.25, 0.3) is 10.2 Å². The van der Waals surface area contributed by atoms with E-state index in [1.54, 1.807) is 5.48 Å². The summed E-state index contributed by atoms with van der Waals surface area (Å²) in [5.41, 5.74) is 4.61. The highest BCUT2D eigenvalue weighted by Crippen LogP contribution is 2.34. The lowest BCUT2D eigenvalue weighted by atomic mass is 10.1. The zero-order valence-electron chi connectivity index (χ0n) is 17.5. The molecule has 0 bridgehead atoms. The number of rotatable bonds is 11. The standard InChI is InChI=1S/C22H27N5O3S/c1-2-15-8-7-9-16(12-15)25-22-21-17(23-14-24-22)13-20(31-21)26-18(28)10-5-3-4-6-11-19(29)27-30/h7-9,12-14,30H,2-6,10-11H2,1H3,(H,26,28)(H,27,29)(H,23,24,25). The average Bonchev–Trinajstić information content (AvgIpc) is 3.19. The summed E-state index contributed by atoms with van der Waals surface area (Å²) in [5, 5.41) is 15.5. The summed E-state index contributed by atoms with van der Waals surface area (Å²) in [5.74, 6) is 0.297. The molecular weight excluding hydrogens is 414 g/mol. The van der Waals surface area contributed by atoms with Crippen LogP contribution in [-0.2, 0) is 16.0 Å². The van der Waals surface area contributed by atoms with Gasteiger partial charge in [0.05, 0.1) is 15.2 Å². The minimum atomic E-state index is -0.377. The first-order valence-corrected chi connectivity index (χ1v) is 11.2. The van der Waals surface area contributed by atoms with Gasteiger partial charge in [-0.2, -0.15) is 0 Å². The number of aryl methyl sites for hydroxylation is 1. The lowest BCUT2D eigenvalue weighted by molar-refractivity contribution is -0.129. The number of anilines is 3. The first-order chi connectivity index (χ1) is 15.1. The van der Waals surface area contributed by atoms with Gasteiger partial charge in [0.25, 0.3) is 0 Å². The Labute approximate surface area is 185 Å². The number of thiophene rings is 1. The van der Waals surface area contributed by atoms with E-state index in [9.17, 15) is 9.59 Å². The molecule has 3 aromatic rings. The van der Waals surface area contributed by atoms with Crippen LogP contribution in [0.2, 0.25) is 0 Å². The molecule has 0 aliphatic rings. The summed E-state index contributed by atoms with van der Waals surface area (Å²) in [7, 11) is 0. The fraction of sp³-hybridized carbons (Fsp3) is 0.364. The summed E-state index contributed by atoms with van der Waals surface area (Å²) in [6.07, 6.45) is 6.33. The number of hydrogen-bond acceptors (Lipinski definition) is 7. The van der Waals surface area contributed by atoms with E-state index in [2.05, 4.69) is 39.7 Å². The Morgan fingerprint density at radius 1 is 1.03 bits per heavy atom. The van der Waals surface area contributed by atoms with E-state index in [1.807, 2.05) is 18.2 Å². The Kier molecular flexibility index (Phi) is 8.31. The van der Waals surface area contributed by atoms with Crippen molar-refractivity contribution in [2.45, 2.75) is 51.9 Å². The van der Waals surface area contributed by atoms with Gasteiger partial charge in [-0.15, -0.1) is 11.3 Å². The summed E-state index contributed by atoms with van der Waals surface area (Å²) < 4.78 is 0.891. The molecule has 3 rings (SSSR count). The number of nitrogens with one attached hydrogen (secondary N) is 3. The average molecular weight is 442 g/mol. The van der Waals surface area contributed by atoms with Crippen molar-refractivity contribution in [2.24, 2.45) is 0 Å². The number of benzene rings is 1. The molecule has 0 aliphatic carbocycles. The van der Waals surface area contributed by atoms with E-state index in [4.69, 9.17) is 5.21 Å². The molecule has 0 atom stereocenters. The normalized spacial score (nSPS) is 10.8. The summed E-state index contributed by atoms with van der Waals surface area (Å²) in [6.45, 7) is 2.12. The van der Waals surface area contributed by atoms with Gasteiger partial charge in [-0.1, -0.05) is 31.9 Å². The first kappa shape index (κ1) is 22.6. The Morgan fingerprint density at radius 2 is 1.81 bits per heavy atom. The van der Waals surface area contributed by atoms with Crippen LogP contribution in [-0.4, -0.2) is 27.0 Å². The van der Waals surface area contributed by atoms with Crippen LogP contribution in [0.1, 0.15) is 51.0 Å². The molecule has 2 amide bonds. The van der Waals surface area contributed by atoms with Crippen molar-refractivity contribution in [3.63, 3.8) is 0 Å². The van der Waals surface area contributed by atoms with Crippen LogP contribution >= 0.6 is 11.3 Å². The third-order valence-electron chi connectivity index (χ3n) is 4.85. The van der Waals surface area contributed by atoms with Crippen LogP contribution in [0.4, 0.5) is 16.5 Å². The third-order valence-corrected chi connectivity index (χ3v) is 5.90. The maximum Gasteiger partial charge on any atom is 0.243 e. The Morgan fingerprint density at radius 3 is 2.55 bits per heavy atom. The van der Waals surface area contributed by atoms with Crippen molar-refractivity contribution in [3.8, 4) is 0 Å².